The molecular weight excluding hydrogens is 294 g/mol. The van der Waals surface area contributed by atoms with Crippen molar-refractivity contribution in [3.63, 3.8) is 0 Å². The maximum absolute atomic E-state index is 13.1. The molecule has 0 amide bonds. The topological polar surface area (TPSA) is 9.23 Å². The van der Waals surface area contributed by atoms with Crippen LogP contribution in [0.1, 0.15) is 16.7 Å². The molecule has 0 N–H and O–H groups in total. The van der Waals surface area contributed by atoms with Crippen LogP contribution in [0.25, 0.3) is 0 Å². The molecule has 0 aromatic heterocycles. The van der Waals surface area contributed by atoms with Gasteiger partial charge in [0, 0.05) is 6.07 Å². The highest BCUT2D eigenvalue weighted by molar-refractivity contribution is 6.19. The number of alkyl halides is 1. The number of aryl methyl sites for hydroxylation is 1. The number of hydrogen-bond acceptors (Lipinski definition) is 1. The van der Waals surface area contributed by atoms with Gasteiger partial charge in [-0.05, 0) is 42.3 Å². The van der Waals surface area contributed by atoms with E-state index in [9.17, 15) is 8.78 Å². The summed E-state index contributed by atoms with van der Waals surface area (Å²) >= 11 is 5.55. The number of benzene rings is 2. The molecule has 0 saturated heterocycles. The molecule has 0 aliphatic carbocycles. The lowest BCUT2D eigenvalue weighted by Gasteiger charge is -2.09. The summed E-state index contributed by atoms with van der Waals surface area (Å²) in [4.78, 5) is 0. The Morgan fingerprint density at radius 2 is 1.81 bits per heavy atom. The van der Waals surface area contributed by atoms with Gasteiger partial charge in [-0.2, -0.15) is 0 Å². The predicted octanol–water partition coefficient (Wildman–Crippen LogP) is 4.44. The Kier molecular flexibility index (Phi) is 5.19. The average Bonchev–Trinajstić information content (AvgIpc) is 2.43. The van der Waals surface area contributed by atoms with Gasteiger partial charge in [-0.3, -0.25) is 0 Å². The smallest absolute Gasteiger partial charge is 0.135 e. The second-order valence-corrected chi connectivity index (χ2v) is 4.77. The van der Waals surface area contributed by atoms with Crippen LogP contribution in [0.2, 0.25) is 0 Å². The predicted molar refractivity (Wildman–Crippen MR) is 79.5 cm³/mol. The lowest BCUT2D eigenvalue weighted by molar-refractivity contribution is 0.304. The van der Waals surface area contributed by atoms with Crippen LogP contribution in [0.15, 0.2) is 36.4 Å². The Hall–Kier alpha value is -2.05. The monoisotopic (exact) mass is 306 g/mol. The van der Waals surface area contributed by atoms with Gasteiger partial charge < -0.3 is 4.74 Å². The summed E-state index contributed by atoms with van der Waals surface area (Å²) in [5, 5.41) is 0. The zero-order valence-electron chi connectivity index (χ0n) is 11.4. The van der Waals surface area contributed by atoms with Crippen LogP contribution in [-0.2, 0) is 6.61 Å². The second kappa shape index (κ2) is 7.10. The van der Waals surface area contributed by atoms with E-state index < -0.39 is 11.6 Å². The van der Waals surface area contributed by atoms with E-state index in [2.05, 4.69) is 11.8 Å². The minimum atomic E-state index is -0.625. The quantitative estimate of drug-likeness (QED) is 0.601. The molecule has 2 aromatic rings. The van der Waals surface area contributed by atoms with E-state index in [-0.39, 0.29) is 12.5 Å². The number of rotatable bonds is 3. The first-order valence-electron chi connectivity index (χ1n) is 6.32. The summed E-state index contributed by atoms with van der Waals surface area (Å²) in [6, 6.07) is 8.84. The van der Waals surface area contributed by atoms with E-state index in [1.165, 1.54) is 12.1 Å². The fraction of sp³-hybridized carbons (Fsp3) is 0.176. The van der Waals surface area contributed by atoms with E-state index in [1.54, 1.807) is 6.07 Å². The van der Waals surface area contributed by atoms with Gasteiger partial charge in [-0.1, -0.05) is 17.9 Å². The van der Waals surface area contributed by atoms with Crippen LogP contribution >= 0.6 is 11.6 Å². The van der Waals surface area contributed by atoms with E-state index in [0.717, 1.165) is 11.6 Å². The van der Waals surface area contributed by atoms with Crippen molar-refractivity contribution >= 4 is 11.6 Å². The molecule has 0 radical (unpaired) electrons. The maximum Gasteiger partial charge on any atom is 0.135 e. The second-order valence-electron chi connectivity index (χ2n) is 4.50. The average molecular weight is 307 g/mol. The minimum Gasteiger partial charge on any atom is -0.488 e. The van der Waals surface area contributed by atoms with Crippen molar-refractivity contribution in [2.24, 2.45) is 0 Å². The third kappa shape index (κ3) is 4.47. The molecule has 2 rings (SSSR count). The summed E-state index contributed by atoms with van der Waals surface area (Å²) < 4.78 is 31.8. The molecule has 0 unspecified atom stereocenters. The van der Waals surface area contributed by atoms with Crippen molar-refractivity contribution in [2.45, 2.75) is 13.5 Å². The molecule has 0 aliphatic heterocycles. The normalized spacial score (nSPS) is 9.90. The van der Waals surface area contributed by atoms with E-state index in [1.807, 2.05) is 19.1 Å². The van der Waals surface area contributed by atoms with Gasteiger partial charge in [-0.25, -0.2) is 8.78 Å². The summed E-state index contributed by atoms with van der Waals surface area (Å²) in [5.74, 6) is 5.20. The summed E-state index contributed by atoms with van der Waals surface area (Å²) in [6.45, 7) is 2.00. The lowest BCUT2D eigenvalue weighted by atomic mass is 10.1. The third-order valence-electron chi connectivity index (χ3n) is 2.74. The molecule has 2 aromatic carbocycles. The van der Waals surface area contributed by atoms with Gasteiger partial charge in [0.1, 0.15) is 24.0 Å². The molecule has 0 heterocycles. The summed E-state index contributed by atoms with van der Waals surface area (Å²) in [7, 11) is 0. The van der Waals surface area contributed by atoms with Crippen LogP contribution in [0.3, 0.4) is 0 Å². The Morgan fingerprint density at radius 1 is 1.10 bits per heavy atom. The largest absolute Gasteiger partial charge is 0.488 e. The van der Waals surface area contributed by atoms with Gasteiger partial charge in [0.15, 0.2) is 0 Å². The molecule has 0 bridgehead atoms. The standard InChI is InChI=1S/C17H13ClF2O/c1-12-4-5-17(14(7-12)3-2-6-18)21-11-13-8-15(19)10-16(20)9-13/h4-5,7-10H,6,11H2,1H3. The first-order chi connectivity index (χ1) is 10.1. The lowest BCUT2D eigenvalue weighted by Crippen LogP contribution is -1.99. The fourth-order valence-electron chi connectivity index (χ4n) is 1.85. The third-order valence-corrected chi connectivity index (χ3v) is 2.88. The van der Waals surface area contributed by atoms with Crippen LogP contribution in [0.4, 0.5) is 8.78 Å². The van der Waals surface area contributed by atoms with Gasteiger partial charge in [0.2, 0.25) is 0 Å². The molecule has 0 spiro atoms. The highest BCUT2D eigenvalue weighted by atomic mass is 35.5. The van der Waals surface area contributed by atoms with Crippen molar-refractivity contribution in [1.29, 1.82) is 0 Å². The highest BCUT2D eigenvalue weighted by Crippen LogP contribution is 2.21. The molecule has 108 valence electrons. The molecule has 4 heteroatoms. The van der Waals surface area contributed by atoms with E-state index in [0.29, 0.717) is 16.9 Å². The molecule has 1 nitrogen and oxygen atoms in total. The Morgan fingerprint density at radius 3 is 2.48 bits per heavy atom. The maximum atomic E-state index is 13.1. The first-order valence-corrected chi connectivity index (χ1v) is 6.85. The van der Waals surface area contributed by atoms with Gasteiger partial charge in [0.25, 0.3) is 0 Å². The molecular formula is C17H13ClF2O. The summed E-state index contributed by atoms with van der Waals surface area (Å²) in [6.07, 6.45) is 0. The van der Waals surface area contributed by atoms with Crippen LogP contribution in [0.5, 0.6) is 5.75 Å². The number of ether oxygens (including phenoxy) is 1. The Bertz CT molecular complexity index is 681. The van der Waals surface area contributed by atoms with E-state index in [4.69, 9.17) is 16.3 Å². The SMILES string of the molecule is Cc1ccc(OCc2cc(F)cc(F)c2)c(C#CCCl)c1. The Balaban J connectivity index is 2.19. The van der Waals surface area contributed by atoms with Crippen LogP contribution in [-0.4, -0.2) is 5.88 Å². The van der Waals surface area contributed by atoms with Crippen molar-refractivity contribution in [2.75, 3.05) is 5.88 Å². The van der Waals surface area contributed by atoms with Crippen molar-refractivity contribution in [3.05, 3.63) is 64.7 Å². The molecule has 0 fully saturated rings. The molecule has 0 atom stereocenters. The number of hydrogen-bond donors (Lipinski definition) is 0. The minimum absolute atomic E-state index is 0.0628. The van der Waals surface area contributed by atoms with Crippen LogP contribution in [0, 0.1) is 30.4 Å². The first kappa shape index (κ1) is 15.3. The molecule has 0 saturated carbocycles. The fourth-order valence-corrected chi connectivity index (χ4v) is 1.92. The zero-order chi connectivity index (χ0) is 15.2. The Labute approximate surface area is 127 Å². The molecule has 21 heavy (non-hydrogen) atoms. The molecule has 0 aliphatic rings. The van der Waals surface area contributed by atoms with Crippen molar-refractivity contribution in [3.8, 4) is 17.6 Å². The number of halogens is 3. The van der Waals surface area contributed by atoms with Gasteiger partial charge >= 0.3 is 0 Å². The van der Waals surface area contributed by atoms with Crippen molar-refractivity contribution < 1.29 is 13.5 Å². The highest BCUT2D eigenvalue weighted by Gasteiger charge is 2.05. The van der Waals surface area contributed by atoms with Crippen LogP contribution < -0.4 is 4.74 Å². The van der Waals surface area contributed by atoms with E-state index >= 15 is 0 Å². The van der Waals surface area contributed by atoms with Crippen molar-refractivity contribution in [1.82, 2.24) is 0 Å². The zero-order valence-corrected chi connectivity index (χ0v) is 12.2. The van der Waals surface area contributed by atoms with Gasteiger partial charge in [0.05, 0.1) is 11.4 Å². The summed E-state index contributed by atoms with van der Waals surface area (Å²) in [5.41, 5.74) is 2.16. The van der Waals surface area contributed by atoms with Gasteiger partial charge in [-0.15, -0.1) is 11.6 Å².